The molecule has 0 aliphatic rings. The Bertz CT molecular complexity index is 885. The fourth-order valence-corrected chi connectivity index (χ4v) is 8.38. The van der Waals surface area contributed by atoms with E-state index in [2.05, 4.69) is 25.7 Å². The van der Waals surface area contributed by atoms with Crippen LogP contribution in [-0.4, -0.2) is 42.6 Å². The summed E-state index contributed by atoms with van der Waals surface area (Å²) in [5.41, 5.74) is -0.598. The Labute approximate surface area is 212 Å². The maximum Gasteiger partial charge on any atom is 0.407 e. The molecule has 5 nitrogen and oxygen atoms in total. The van der Waals surface area contributed by atoms with Crippen LogP contribution >= 0.6 is 0 Å². The standard InChI is InChI=1S/C29H43NO4Si/c1-7-14-23(22-31)21-24(30-27(32)34-28(2,3)4)19-20-29(5,6)35(33,25-15-10-8-11-16-25)26-17-12-9-13-18-26/h7-13,15-18,23-24,31,33H,1,14,19-22H2,2-6H3,(H,30,32)/t23-,24-/m1/s1. The van der Waals surface area contributed by atoms with Crippen LogP contribution in [0, 0.1) is 5.92 Å². The average Bonchev–Trinajstić information content (AvgIpc) is 2.81. The van der Waals surface area contributed by atoms with Gasteiger partial charge in [-0.2, -0.15) is 0 Å². The fourth-order valence-electron chi connectivity index (χ4n) is 4.63. The molecule has 192 valence electrons. The summed E-state index contributed by atoms with van der Waals surface area (Å²) in [5.74, 6) is -0.00470. The van der Waals surface area contributed by atoms with Crippen LogP contribution < -0.4 is 15.7 Å². The number of hydrogen-bond donors (Lipinski definition) is 3. The van der Waals surface area contributed by atoms with Gasteiger partial charge >= 0.3 is 6.09 Å². The summed E-state index contributed by atoms with van der Waals surface area (Å²) in [6.07, 6.45) is 3.94. The monoisotopic (exact) mass is 497 g/mol. The first-order chi connectivity index (χ1) is 16.4. The van der Waals surface area contributed by atoms with Crippen molar-refractivity contribution in [2.45, 2.75) is 77.0 Å². The lowest BCUT2D eigenvalue weighted by Gasteiger charge is -2.42. The number of allylic oxidation sites excluding steroid dienone is 1. The zero-order valence-electron chi connectivity index (χ0n) is 22.0. The van der Waals surface area contributed by atoms with Crippen LogP contribution in [0.4, 0.5) is 4.79 Å². The van der Waals surface area contributed by atoms with E-state index in [1.807, 2.05) is 81.4 Å². The van der Waals surface area contributed by atoms with E-state index < -0.39 is 25.0 Å². The highest BCUT2D eigenvalue weighted by Gasteiger charge is 2.49. The Morgan fingerprint density at radius 3 is 1.97 bits per heavy atom. The van der Waals surface area contributed by atoms with Gasteiger partial charge in [-0.3, -0.25) is 0 Å². The van der Waals surface area contributed by atoms with Crippen molar-refractivity contribution in [1.29, 1.82) is 0 Å². The Kier molecular flexibility index (Phi) is 10.3. The summed E-state index contributed by atoms with van der Waals surface area (Å²) in [4.78, 5) is 25.0. The van der Waals surface area contributed by atoms with Gasteiger partial charge in [0.05, 0.1) is 0 Å². The van der Waals surface area contributed by atoms with Gasteiger partial charge in [-0.15, -0.1) is 6.58 Å². The molecule has 0 unspecified atom stereocenters. The van der Waals surface area contributed by atoms with Crippen LogP contribution in [0.3, 0.4) is 0 Å². The van der Waals surface area contributed by atoms with Gasteiger partial charge in [0.15, 0.2) is 0 Å². The van der Waals surface area contributed by atoms with Gasteiger partial charge in [0.1, 0.15) is 5.60 Å². The molecule has 0 aliphatic heterocycles. The average molecular weight is 498 g/mol. The molecule has 2 aromatic rings. The highest BCUT2D eigenvalue weighted by atomic mass is 28.4. The number of carbonyl (C=O) groups is 1. The number of nitrogens with one attached hydrogen (secondary N) is 1. The summed E-state index contributed by atoms with van der Waals surface area (Å²) >= 11 is 0. The number of aliphatic hydroxyl groups excluding tert-OH is 1. The largest absolute Gasteiger partial charge is 0.444 e. The Balaban J connectivity index is 2.32. The maximum absolute atomic E-state index is 12.6. The van der Waals surface area contributed by atoms with Gasteiger partial charge in [0.25, 0.3) is 8.32 Å². The molecule has 6 heteroatoms. The van der Waals surface area contributed by atoms with Gasteiger partial charge in [-0.1, -0.05) is 80.6 Å². The second kappa shape index (κ2) is 12.5. The third kappa shape index (κ3) is 8.06. The molecule has 0 heterocycles. The minimum Gasteiger partial charge on any atom is -0.444 e. The number of ether oxygens (including phenoxy) is 1. The quantitative estimate of drug-likeness (QED) is 0.292. The van der Waals surface area contributed by atoms with Crippen molar-refractivity contribution in [3.63, 3.8) is 0 Å². The number of rotatable bonds is 12. The van der Waals surface area contributed by atoms with E-state index in [4.69, 9.17) is 4.74 Å². The molecule has 0 saturated heterocycles. The zero-order chi connectivity index (χ0) is 26.1. The summed E-state index contributed by atoms with van der Waals surface area (Å²) < 4.78 is 5.51. The van der Waals surface area contributed by atoms with E-state index in [-0.39, 0.29) is 18.6 Å². The second-order valence-electron chi connectivity index (χ2n) is 11.0. The highest BCUT2D eigenvalue weighted by Crippen LogP contribution is 2.40. The SMILES string of the molecule is C=CC[C@@H](CO)C[C@@H](CCC(C)(C)[Si](O)(c1ccccc1)c1ccccc1)NC(=O)OC(C)(C)C. The lowest BCUT2D eigenvalue weighted by molar-refractivity contribution is 0.0488. The van der Waals surface area contributed by atoms with E-state index in [0.29, 0.717) is 25.7 Å². The van der Waals surface area contributed by atoms with Crippen LogP contribution in [-0.2, 0) is 4.74 Å². The molecule has 0 spiro atoms. The molecule has 3 N–H and O–H groups in total. The summed E-state index contributed by atoms with van der Waals surface area (Å²) in [6, 6.07) is 19.7. The third-order valence-corrected chi connectivity index (χ3v) is 11.1. The third-order valence-electron chi connectivity index (χ3n) is 6.58. The van der Waals surface area contributed by atoms with E-state index in [1.165, 1.54) is 0 Å². The van der Waals surface area contributed by atoms with Gasteiger partial charge < -0.3 is 20.0 Å². The molecule has 0 radical (unpaired) electrons. The number of carbonyl (C=O) groups excluding carboxylic acids is 1. The molecular formula is C29H43NO4Si. The minimum absolute atomic E-state index is 0.00470. The van der Waals surface area contributed by atoms with Gasteiger partial charge in [-0.25, -0.2) is 4.79 Å². The highest BCUT2D eigenvalue weighted by molar-refractivity contribution is 6.98. The lowest BCUT2D eigenvalue weighted by atomic mass is 9.92. The van der Waals surface area contributed by atoms with Gasteiger partial charge in [0.2, 0.25) is 0 Å². The first-order valence-electron chi connectivity index (χ1n) is 12.5. The number of amides is 1. The van der Waals surface area contributed by atoms with Crippen LogP contribution in [0.15, 0.2) is 73.3 Å². The molecule has 0 aliphatic carbocycles. The summed E-state index contributed by atoms with van der Waals surface area (Å²) in [6.45, 7) is 13.6. The number of benzene rings is 2. The number of hydrogen-bond acceptors (Lipinski definition) is 4. The van der Waals surface area contributed by atoms with Crippen LogP contribution in [0.2, 0.25) is 5.04 Å². The van der Waals surface area contributed by atoms with Crippen LogP contribution in [0.1, 0.15) is 60.3 Å². The van der Waals surface area contributed by atoms with Crippen LogP contribution in [0.25, 0.3) is 0 Å². The Hall–Kier alpha value is -2.41. The van der Waals surface area contributed by atoms with Crippen molar-refractivity contribution in [3.05, 3.63) is 73.3 Å². The molecule has 1 amide bonds. The smallest absolute Gasteiger partial charge is 0.407 e. The van der Waals surface area contributed by atoms with E-state index >= 15 is 0 Å². The van der Waals surface area contributed by atoms with Crippen molar-refractivity contribution in [2.75, 3.05) is 6.61 Å². The minimum atomic E-state index is -3.15. The van der Waals surface area contributed by atoms with Crippen molar-refractivity contribution in [1.82, 2.24) is 5.32 Å². The molecule has 0 bridgehead atoms. The molecule has 0 aromatic heterocycles. The Morgan fingerprint density at radius 2 is 1.54 bits per heavy atom. The zero-order valence-corrected chi connectivity index (χ0v) is 23.0. The normalized spacial score (nSPS) is 14.1. The maximum atomic E-state index is 12.6. The predicted octanol–water partition coefficient (Wildman–Crippen LogP) is 4.77. The Morgan fingerprint density at radius 1 is 1.03 bits per heavy atom. The van der Waals surface area contributed by atoms with E-state index in [1.54, 1.807) is 6.08 Å². The van der Waals surface area contributed by atoms with E-state index in [9.17, 15) is 14.7 Å². The number of aliphatic hydroxyl groups is 1. The lowest BCUT2D eigenvalue weighted by Crippen LogP contribution is -2.65. The van der Waals surface area contributed by atoms with Gasteiger partial charge in [-0.05, 0) is 67.8 Å². The molecule has 2 atom stereocenters. The summed E-state index contributed by atoms with van der Waals surface area (Å²) in [5, 5.41) is 14.4. The van der Waals surface area contributed by atoms with Crippen molar-refractivity contribution >= 4 is 24.8 Å². The van der Waals surface area contributed by atoms with Crippen molar-refractivity contribution < 1.29 is 19.4 Å². The van der Waals surface area contributed by atoms with Crippen LogP contribution in [0.5, 0.6) is 0 Å². The fraction of sp³-hybridized carbons (Fsp3) is 0.483. The second-order valence-corrected chi connectivity index (χ2v) is 14.9. The number of alkyl carbamates (subject to hydrolysis) is 1. The molecule has 2 rings (SSSR count). The topological polar surface area (TPSA) is 78.8 Å². The first kappa shape index (κ1) is 28.8. The van der Waals surface area contributed by atoms with Gasteiger partial charge in [0, 0.05) is 12.6 Å². The van der Waals surface area contributed by atoms with E-state index in [0.717, 1.165) is 10.4 Å². The molecule has 35 heavy (non-hydrogen) atoms. The van der Waals surface area contributed by atoms with Crippen molar-refractivity contribution in [2.24, 2.45) is 5.92 Å². The first-order valence-corrected chi connectivity index (χ1v) is 14.4. The predicted molar refractivity (Wildman–Crippen MR) is 147 cm³/mol. The molecule has 0 saturated carbocycles. The molecular weight excluding hydrogens is 454 g/mol. The molecule has 0 fully saturated rings. The molecule has 2 aromatic carbocycles. The van der Waals surface area contributed by atoms with Crippen molar-refractivity contribution in [3.8, 4) is 0 Å². The summed E-state index contributed by atoms with van der Waals surface area (Å²) in [7, 11) is -3.15.